The Labute approximate surface area is 81.8 Å². The Hall–Kier alpha value is -1.92. The third-order valence-corrected chi connectivity index (χ3v) is 1.56. The van der Waals surface area contributed by atoms with Crippen LogP contribution in [0.5, 0.6) is 0 Å². The monoisotopic (exact) mass is 215 g/mol. The Morgan fingerprint density at radius 1 is 1.20 bits per heavy atom. The van der Waals surface area contributed by atoms with E-state index in [1.54, 1.807) is 12.1 Å². The van der Waals surface area contributed by atoms with E-state index in [-0.39, 0.29) is 11.5 Å². The molecular weight excluding hydrogens is 211 g/mol. The molecule has 0 atom stereocenters. The molecule has 0 amide bonds. The van der Waals surface area contributed by atoms with Crippen molar-refractivity contribution in [2.24, 2.45) is 0 Å². The summed E-state index contributed by atoms with van der Waals surface area (Å²) in [5.74, 6) is -1.55. The average Bonchev–Trinajstić information content (AvgIpc) is 2.67. The van der Waals surface area contributed by atoms with Gasteiger partial charge in [-0.25, -0.2) is 0 Å². The summed E-state index contributed by atoms with van der Waals surface area (Å²) in [5.41, 5.74) is 0.233. The van der Waals surface area contributed by atoms with E-state index < -0.39 is 12.1 Å². The Kier molecular flexibility index (Phi) is 2.14. The smallest absolute Gasteiger partial charge is 0.329 e. The highest BCUT2D eigenvalue weighted by atomic mass is 19.4. The van der Waals surface area contributed by atoms with Gasteiger partial charge in [-0.05, 0) is 12.1 Å². The maximum atomic E-state index is 12.1. The lowest BCUT2D eigenvalue weighted by atomic mass is 10.3. The first-order chi connectivity index (χ1) is 7.07. The summed E-state index contributed by atoms with van der Waals surface area (Å²) in [6.07, 6.45) is -3.20. The van der Waals surface area contributed by atoms with E-state index in [0.717, 1.165) is 0 Å². The molecule has 0 bridgehead atoms. The third-order valence-electron chi connectivity index (χ3n) is 1.56. The van der Waals surface area contributed by atoms with Crippen molar-refractivity contribution >= 4 is 0 Å². The van der Waals surface area contributed by atoms with Gasteiger partial charge in [0.15, 0.2) is 0 Å². The molecule has 0 fully saturated rings. The van der Waals surface area contributed by atoms with Crippen LogP contribution in [0.4, 0.5) is 13.2 Å². The maximum absolute atomic E-state index is 12.1. The summed E-state index contributed by atoms with van der Waals surface area (Å²) < 4.78 is 40.4. The summed E-state index contributed by atoms with van der Waals surface area (Å²) in [6.45, 7) is 0. The lowest BCUT2D eigenvalue weighted by Gasteiger charge is -1.95. The lowest BCUT2D eigenvalue weighted by Crippen LogP contribution is -2.04. The Morgan fingerprint density at radius 3 is 2.53 bits per heavy atom. The van der Waals surface area contributed by atoms with Crippen LogP contribution in [0, 0.1) is 0 Å². The minimum absolute atomic E-state index is 0.178. The number of aromatic nitrogens is 3. The van der Waals surface area contributed by atoms with Gasteiger partial charge in [-0.1, -0.05) is 11.2 Å². The number of hydrogen-bond acceptors (Lipinski definition) is 4. The van der Waals surface area contributed by atoms with Crippen molar-refractivity contribution in [3.05, 3.63) is 30.3 Å². The molecule has 0 saturated heterocycles. The first-order valence-electron chi connectivity index (χ1n) is 3.89. The summed E-state index contributed by atoms with van der Waals surface area (Å²) in [7, 11) is 0. The molecule has 0 unspecified atom stereocenters. The molecule has 7 heteroatoms. The predicted octanol–water partition coefficient (Wildman–Crippen LogP) is 2.15. The fraction of sp³-hybridized carbons (Fsp3) is 0.125. The molecule has 2 aromatic heterocycles. The van der Waals surface area contributed by atoms with E-state index in [9.17, 15) is 13.2 Å². The molecule has 0 aromatic carbocycles. The van der Waals surface area contributed by atoms with Crippen molar-refractivity contribution in [2.45, 2.75) is 6.18 Å². The molecule has 4 nitrogen and oxygen atoms in total. The van der Waals surface area contributed by atoms with Crippen LogP contribution >= 0.6 is 0 Å². The first-order valence-corrected chi connectivity index (χ1v) is 3.89. The van der Waals surface area contributed by atoms with Crippen LogP contribution in [0.25, 0.3) is 11.5 Å². The van der Waals surface area contributed by atoms with Crippen LogP contribution in [-0.2, 0) is 6.18 Å². The zero-order chi connectivity index (χ0) is 10.9. The molecule has 0 radical (unpaired) electrons. The molecule has 78 valence electrons. The van der Waals surface area contributed by atoms with Crippen molar-refractivity contribution < 1.29 is 17.7 Å². The highest BCUT2D eigenvalue weighted by molar-refractivity contribution is 5.47. The van der Waals surface area contributed by atoms with Crippen LogP contribution < -0.4 is 0 Å². The highest BCUT2D eigenvalue weighted by Gasteiger charge is 2.38. The van der Waals surface area contributed by atoms with Gasteiger partial charge >= 0.3 is 12.1 Å². The van der Waals surface area contributed by atoms with Gasteiger partial charge in [0.1, 0.15) is 5.69 Å². The van der Waals surface area contributed by atoms with Gasteiger partial charge in [-0.2, -0.15) is 18.2 Å². The van der Waals surface area contributed by atoms with E-state index in [2.05, 4.69) is 19.6 Å². The number of alkyl halides is 3. The van der Waals surface area contributed by atoms with Crippen molar-refractivity contribution in [1.82, 2.24) is 15.1 Å². The molecular formula is C8H4F3N3O. The average molecular weight is 215 g/mol. The Morgan fingerprint density at radius 2 is 2.00 bits per heavy atom. The zero-order valence-electron chi connectivity index (χ0n) is 7.19. The Bertz CT molecular complexity index is 452. The molecule has 15 heavy (non-hydrogen) atoms. The normalized spacial score (nSPS) is 11.7. The fourth-order valence-electron chi connectivity index (χ4n) is 0.938. The van der Waals surface area contributed by atoms with Crippen molar-refractivity contribution in [3.8, 4) is 11.5 Å². The van der Waals surface area contributed by atoms with Gasteiger partial charge in [-0.3, -0.25) is 4.98 Å². The lowest BCUT2D eigenvalue weighted by molar-refractivity contribution is -0.159. The number of nitrogens with zero attached hydrogens (tertiary/aromatic N) is 3. The molecule has 2 aromatic rings. The quantitative estimate of drug-likeness (QED) is 0.731. The van der Waals surface area contributed by atoms with E-state index in [4.69, 9.17) is 0 Å². The van der Waals surface area contributed by atoms with Gasteiger partial charge < -0.3 is 4.52 Å². The van der Waals surface area contributed by atoms with Gasteiger partial charge in [0.2, 0.25) is 5.82 Å². The first kappa shape index (κ1) is 9.63. The molecule has 0 aliphatic rings. The summed E-state index contributed by atoms with van der Waals surface area (Å²) >= 11 is 0. The van der Waals surface area contributed by atoms with Gasteiger partial charge in [0, 0.05) is 6.20 Å². The van der Waals surface area contributed by atoms with Gasteiger partial charge in [0.05, 0.1) is 0 Å². The van der Waals surface area contributed by atoms with Crippen LogP contribution in [0.1, 0.15) is 5.89 Å². The van der Waals surface area contributed by atoms with E-state index in [1.165, 1.54) is 12.3 Å². The van der Waals surface area contributed by atoms with Crippen molar-refractivity contribution in [2.75, 3.05) is 0 Å². The minimum atomic E-state index is -4.62. The van der Waals surface area contributed by atoms with Crippen LogP contribution in [-0.4, -0.2) is 15.1 Å². The molecule has 0 aliphatic carbocycles. The summed E-state index contributed by atoms with van der Waals surface area (Å²) in [4.78, 5) is 6.98. The van der Waals surface area contributed by atoms with Crippen LogP contribution in [0.3, 0.4) is 0 Å². The third kappa shape index (κ3) is 1.95. The minimum Gasteiger partial charge on any atom is -0.329 e. The maximum Gasteiger partial charge on any atom is 0.471 e. The standard InChI is InChI=1S/C8H4F3N3O/c9-8(10,11)7-13-6(14-15-7)5-3-1-2-4-12-5/h1-4H. The van der Waals surface area contributed by atoms with Crippen molar-refractivity contribution in [1.29, 1.82) is 0 Å². The molecule has 0 spiro atoms. The SMILES string of the molecule is FC(F)(F)c1nc(-c2ccccn2)no1. The molecule has 0 N–H and O–H groups in total. The van der Waals surface area contributed by atoms with Gasteiger partial charge in [0.25, 0.3) is 0 Å². The highest BCUT2D eigenvalue weighted by Crippen LogP contribution is 2.28. The number of rotatable bonds is 1. The largest absolute Gasteiger partial charge is 0.471 e. The van der Waals surface area contributed by atoms with E-state index in [0.29, 0.717) is 0 Å². The molecule has 0 saturated carbocycles. The molecule has 0 aliphatic heterocycles. The second-order valence-electron chi connectivity index (χ2n) is 2.64. The Balaban J connectivity index is 2.37. The number of pyridine rings is 1. The molecule has 2 heterocycles. The summed E-state index contributed by atoms with van der Waals surface area (Å²) in [5, 5.41) is 3.18. The number of hydrogen-bond donors (Lipinski definition) is 0. The van der Waals surface area contributed by atoms with E-state index >= 15 is 0 Å². The fourth-order valence-corrected chi connectivity index (χ4v) is 0.938. The van der Waals surface area contributed by atoms with Crippen LogP contribution in [0.15, 0.2) is 28.9 Å². The topological polar surface area (TPSA) is 51.8 Å². The van der Waals surface area contributed by atoms with Crippen LogP contribution in [0.2, 0.25) is 0 Å². The number of halogens is 3. The second kappa shape index (κ2) is 3.34. The summed E-state index contributed by atoms with van der Waals surface area (Å²) in [6, 6.07) is 4.74. The second-order valence-corrected chi connectivity index (χ2v) is 2.64. The van der Waals surface area contributed by atoms with Crippen molar-refractivity contribution in [3.63, 3.8) is 0 Å². The predicted molar refractivity (Wildman–Crippen MR) is 42.5 cm³/mol. The van der Waals surface area contributed by atoms with E-state index in [1.807, 2.05) is 0 Å². The van der Waals surface area contributed by atoms with Gasteiger partial charge in [-0.15, -0.1) is 0 Å². The zero-order valence-corrected chi connectivity index (χ0v) is 7.19. The molecule has 2 rings (SSSR count).